The van der Waals surface area contributed by atoms with Gasteiger partial charge in [-0.25, -0.2) is 0 Å². The second kappa shape index (κ2) is 7.63. The maximum atomic E-state index is 10.7. The number of halogens is 2. The summed E-state index contributed by atoms with van der Waals surface area (Å²) in [6.45, 7) is 4.71. The van der Waals surface area contributed by atoms with Crippen LogP contribution in [0.1, 0.15) is 5.56 Å². The molecule has 0 saturated carbocycles. The maximum Gasteiger partial charge on any atom is 0.269 e. The van der Waals surface area contributed by atoms with Gasteiger partial charge >= 0.3 is 0 Å². The fraction of sp³-hybridized carbons (Fsp3) is 0.294. The molecule has 0 amide bonds. The van der Waals surface area contributed by atoms with E-state index in [1.165, 1.54) is 5.69 Å². The lowest BCUT2D eigenvalue weighted by Gasteiger charge is -2.36. The van der Waals surface area contributed by atoms with Crippen LogP contribution in [-0.2, 0) is 6.54 Å². The molecule has 3 rings (SSSR count). The van der Waals surface area contributed by atoms with Crippen molar-refractivity contribution < 1.29 is 4.92 Å². The second-order valence-corrected chi connectivity index (χ2v) is 7.65. The van der Waals surface area contributed by atoms with E-state index in [0.717, 1.165) is 47.2 Å². The molecule has 0 aliphatic carbocycles. The molecule has 0 bridgehead atoms. The van der Waals surface area contributed by atoms with E-state index in [4.69, 9.17) is 0 Å². The summed E-state index contributed by atoms with van der Waals surface area (Å²) in [4.78, 5) is 15.1. The summed E-state index contributed by atoms with van der Waals surface area (Å²) >= 11 is 7.07. The number of rotatable bonds is 4. The van der Waals surface area contributed by atoms with E-state index >= 15 is 0 Å². The van der Waals surface area contributed by atoms with E-state index in [9.17, 15) is 10.1 Å². The van der Waals surface area contributed by atoms with Gasteiger partial charge in [-0.1, -0.05) is 44.0 Å². The first-order valence-corrected chi connectivity index (χ1v) is 9.26. The quantitative estimate of drug-likeness (QED) is 0.506. The van der Waals surface area contributed by atoms with Crippen molar-refractivity contribution in [2.24, 2.45) is 0 Å². The van der Waals surface area contributed by atoms with E-state index in [2.05, 4.69) is 53.8 Å². The van der Waals surface area contributed by atoms with E-state index in [-0.39, 0.29) is 10.6 Å². The van der Waals surface area contributed by atoms with Crippen molar-refractivity contribution >= 4 is 43.2 Å². The van der Waals surface area contributed by atoms with Gasteiger partial charge < -0.3 is 4.90 Å². The SMILES string of the molecule is O=[N+]([O-])c1ccc(CN2CCN(c3cc(Br)cc(Br)c3)CC2)cc1. The van der Waals surface area contributed by atoms with Gasteiger partial charge in [-0.2, -0.15) is 0 Å². The normalized spacial score (nSPS) is 15.5. The smallest absolute Gasteiger partial charge is 0.269 e. The zero-order valence-corrected chi connectivity index (χ0v) is 16.2. The molecule has 0 spiro atoms. The van der Waals surface area contributed by atoms with Gasteiger partial charge in [0.1, 0.15) is 0 Å². The number of piperazine rings is 1. The van der Waals surface area contributed by atoms with Crippen LogP contribution in [0.4, 0.5) is 11.4 Å². The zero-order chi connectivity index (χ0) is 17.1. The minimum atomic E-state index is -0.362. The van der Waals surface area contributed by atoms with Crippen molar-refractivity contribution in [2.75, 3.05) is 31.1 Å². The maximum absolute atomic E-state index is 10.7. The molecule has 0 radical (unpaired) electrons. The molecule has 1 aliphatic rings. The van der Waals surface area contributed by atoms with Crippen LogP contribution in [0.3, 0.4) is 0 Å². The van der Waals surface area contributed by atoms with Crippen molar-refractivity contribution in [3.63, 3.8) is 0 Å². The highest BCUT2D eigenvalue weighted by Gasteiger charge is 2.18. The van der Waals surface area contributed by atoms with Crippen LogP contribution >= 0.6 is 31.9 Å². The molecule has 1 heterocycles. The Balaban J connectivity index is 1.57. The Labute approximate surface area is 157 Å². The topological polar surface area (TPSA) is 49.6 Å². The van der Waals surface area contributed by atoms with Gasteiger partial charge in [-0.15, -0.1) is 0 Å². The summed E-state index contributed by atoms with van der Waals surface area (Å²) in [6.07, 6.45) is 0. The molecule has 2 aromatic carbocycles. The summed E-state index contributed by atoms with van der Waals surface area (Å²) in [6, 6.07) is 13.1. The molecule has 0 aromatic heterocycles. The number of nitro benzene ring substituents is 1. The Kier molecular flexibility index (Phi) is 5.53. The third kappa shape index (κ3) is 4.34. The Bertz CT molecular complexity index is 709. The Morgan fingerprint density at radius 1 is 0.958 bits per heavy atom. The van der Waals surface area contributed by atoms with Crippen LogP contribution in [0.25, 0.3) is 0 Å². The molecule has 0 atom stereocenters. The largest absolute Gasteiger partial charge is 0.369 e. The summed E-state index contributed by atoms with van der Waals surface area (Å²) in [5.41, 5.74) is 2.47. The van der Waals surface area contributed by atoms with Gasteiger partial charge in [0.2, 0.25) is 0 Å². The van der Waals surface area contributed by atoms with E-state index in [1.807, 2.05) is 18.2 Å². The van der Waals surface area contributed by atoms with Crippen molar-refractivity contribution in [3.05, 3.63) is 67.1 Å². The van der Waals surface area contributed by atoms with Crippen LogP contribution in [0.5, 0.6) is 0 Å². The minimum Gasteiger partial charge on any atom is -0.369 e. The number of benzene rings is 2. The van der Waals surface area contributed by atoms with Gasteiger partial charge in [-0.05, 0) is 23.8 Å². The summed E-state index contributed by atoms with van der Waals surface area (Å²) in [5.74, 6) is 0. The van der Waals surface area contributed by atoms with Gasteiger partial charge in [0.25, 0.3) is 5.69 Å². The molecule has 24 heavy (non-hydrogen) atoms. The van der Waals surface area contributed by atoms with Gasteiger partial charge in [0.15, 0.2) is 0 Å². The van der Waals surface area contributed by atoms with Crippen molar-refractivity contribution in [2.45, 2.75) is 6.54 Å². The summed E-state index contributed by atoms with van der Waals surface area (Å²) < 4.78 is 2.14. The Morgan fingerprint density at radius 3 is 2.08 bits per heavy atom. The minimum absolute atomic E-state index is 0.142. The fourth-order valence-electron chi connectivity index (χ4n) is 2.87. The van der Waals surface area contributed by atoms with Crippen LogP contribution < -0.4 is 4.90 Å². The first kappa shape index (κ1) is 17.4. The highest BCUT2D eigenvalue weighted by atomic mass is 79.9. The van der Waals surface area contributed by atoms with E-state index in [0.29, 0.717) is 0 Å². The lowest BCUT2D eigenvalue weighted by Crippen LogP contribution is -2.45. The summed E-state index contributed by atoms with van der Waals surface area (Å²) in [7, 11) is 0. The number of nitro groups is 1. The molecule has 1 fully saturated rings. The first-order chi connectivity index (χ1) is 11.5. The number of hydrogen-bond donors (Lipinski definition) is 0. The monoisotopic (exact) mass is 453 g/mol. The average molecular weight is 455 g/mol. The Morgan fingerprint density at radius 2 is 1.54 bits per heavy atom. The van der Waals surface area contributed by atoms with Gasteiger partial charge in [0, 0.05) is 59.5 Å². The molecule has 7 heteroatoms. The first-order valence-electron chi connectivity index (χ1n) is 7.68. The van der Waals surface area contributed by atoms with Crippen molar-refractivity contribution in [3.8, 4) is 0 Å². The molecular weight excluding hydrogens is 438 g/mol. The van der Waals surface area contributed by atoms with E-state index < -0.39 is 0 Å². The number of hydrogen-bond acceptors (Lipinski definition) is 4. The lowest BCUT2D eigenvalue weighted by molar-refractivity contribution is -0.384. The standard InChI is InChI=1S/C17H17Br2N3O2/c18-14-9-15(19)11-17(10-14)21-7-5-20(6-8-21)12-13-1-3-16(4-2-13)22(23)24/h1-4,9-11H,5-8,12H2. The van der Waals surface area contributed by atoms with Crippen LogP contribution in [0.15, 0.2) is 51.4 Å². The molecule has 1 saturated heterocycles. The number of nitrogens with zero attached hydrogens (tertiary/aromatic N) is 3. The van der Waals surface area contributed by atoms with Crippen LogP contribution in [0, 0.1) is 10.1 Å². The average Bonchev–Trinajstić information content (AvgIpc) is 2.55. The molecule has 2 aromatic rings. The predicted molar refractivity (Wildman–Crippen MR) is 102 cm³/mol. The van der Waals surface area contributed by atoms with Crippen LogP contribution in [0.2, 0.25) is 0 Å². The molecule has 126 valence electrons. The number of anilines is 1. The van der Waals surface area contributed by atoms with Crippen molar-refractivity contribution in [1.29, 1.82) is 0 Å². The second-order valence-electron chi connectivity index (χ2n) is 5.81. The van der Waals surface area contributed by atoms with E-state index in [1.54, 1.807) is 12.1 Å². The highest BCUT2D eigenvalue weighted by molar-refractivity contribution is 9.11. The third-order valence-corrected chi connectivity index (χ3v) is 5.05. The fourth-order valence-corrected chi connectivity index (χ4v) is 4.14. The highest BCUT2D eigenvalue weighted by Crippen LogP contribution is 2.27. The summed E-state index contributed by atoms with van der Waals surface area (Å²) in [5, 5.41) is 10.7. The lowest BCUT2D eigenvalue weighted by atomic mass is 10.1. The van der Waals surface area contributed by atoms with Crippen molar-refractivity contribution in [1.82, 2.24) is 4.90 Å². The molecule has 5 nitrogen and oxygen atoms in total. The number of non-ortho nitro benzene ring substituents is 1. The Hall–Kier alpha value is -1.44. The van der Waals surface area contributed by atoms with Crippen LogP contribution in [-0.4, -0.2) is 36.0 Å². The predicted octanol–water partition coefficient (Wildman–Crippen LogP) is 4.44. The molecule has 1 aliphatic heterocycles. The molecule has 0 unspecified atom stereocenters. The zero-order valence-electron chi connectivity index (χ0n) is 13.0. The third-order valence-electron chi connectivity index (χ3n) is 4.14. The molecule has 0 N–H and O–H groups in total. The van der Waals surface area contributed by atoms with Gasteiger partial charge in [0.05, 0.1) is 4.92 Å². The molecular formula is C17H17Br2N3O2. The van der Waals surface area contributed by atoms with Gasteiger partial charge in [-0.3, -0.25) is 15.0 Å².